The first-order valence-electron chi connectivity index (χ1n) is 4.93. The second-order valence-corrected chi connectivity index (χ2v) is 3.14. The van der Waals surface area contributed by atoms with E-state index in [9.17, 15) is 0 Å². The number of hydrogen-bond acceptors (Lipinski definition) is 2. The summed E-state index contributed by atoms with van der Waals surface area (Å²) in [6, 6.07) is 0. The smallest absolute Gasteiger partial charge is 0.0466 e. The van der Waals surface area contributed by atoms with Gasteiger partial charge < -0.3 is 10.1 Å². The minimum Gasteiger partial charge on any atom is -0.381 e. The highest BCUT2D eigenvalue weighted by Gasteiger charge is 1.95. The predicted molar refractivity (Wildman–Crippen MR) is 51.3 cm³/mol. The van der Waals surface area contributed by atoms with Gasteiger partial charge in [0.25, 0.3) is 0 Å². The van der Waals surface area contributed by atoms with Gasteiger partial charge in [-0.1, -0.05) is 12.2 Å². The molecule has 2 nitrogen and oxygen atoms in total. The Morgan fingerprint density at radius 3 is 2.00 bits per heavy atom. The predicted octanol–water partition coefficient (Wildman–Crippen LogP) is 1.72. The Balaban J connectivity index is 0.000000120. The molecule has 0 atom stereocenters. The van der Waals surface area contributed by atoms with E-state index in [4.69, 9.17) is 4.74 Å². The summed E-state index contributed by atoms with van der Waals surface area (Å²) in [5.74, 6) is 0. The van der Waals surface area contributed by atoms with E-state index in [1.54, 1.807) is 0 Å². The van der Waals surface area contributed by atoms with Crippen molar-refractivity contribution in [2.24, 2.45) is 0 Å². The molecule has 1 saturated heterocycles. The molecular weight excluding hydrogens is 150 g/mol. The van der Waals surface area contributed by atoms with Crippen molar-refractivity contribution >= 4 is 0 Å². The molecule has 0 unspecified atom stereocenters. The molecule has 0 aliphatic carbocycles. The molecule has 2 heteroatoms. The lowest BCUT2D eigenvalue weighted by Crippen LogP contribution is -2.17. The van der Waals surface area contributed by atoms with Gasteiger partial charge in [-0.3, -0.25) is 0 Å². The summed E-state index contributed by atoms with van der Waals surface area (Å²) in [5, 5.41) is 3.20. The largest absolute Gasteiger partial charge is 0.381 e. The third-order valence-electron chi connectivity index (χ3n) is 1.99. The van der Waals surface area contributed by atoms with Crippen LogP contribution in [0.5, 0.6) is 0 Å². The molecule has 0 spiro atoms. The third-order valence-corrected chi connectivity index (χ3v) is 1.99. The normalized spacial score (nSPS) is 22.7. The highest BCUT2D eigenvalue weighted by molar-refractivity contribution is 4.88. The van der Waals surface area contributed by atoms with E-state index in [2.05, 4.69) is 17.5 Å². The first kappa shape index (κ1) is 9.75. The molecule has 1 N–H and O–H groups in total. The van der Waals surface area contributed by atoms with Crippen LogP contribution >= 0.6 is 0 Å². The van der Waals surface area contributed by atoms with Crippen LogP contribution in [0.3, 0.4) is 0 Å². The van der Waals surface area contributed by atoms with Crippen LogP contribution in [0.4, 0.5) is 0 Å². The van der Waals surface area contributed by atoms with Crippen LogP contribution in [0.15, 0.2) is 12.2 Å². The van der Waals surface area contributed by atoms with E-state index in [-0.39, 0.29) is 0 Å². The second kappa shape index (κ2) is 7.32. The fourth-order valence-electron chi connectivity index (χ4n) is 1.26. The summed E-state index contributed by atoms with van der Waals surface area (Å²) in [6.07, 6.45) is 9.50. The lowest BCUT2D eigenvalue weighted by atomic mass is 10.2. The average Bonchev–Trinajstić information content (AvgIpc) is 2.24. The van der Waals surface area contributed by atoms with Crippen LogP contribution in [-0.4, -0.2) is 26.3 Å². The molecule has 0 saturated carbocycles. The van der Waals surface area contributed by atoms with Gasteiger partial charge in [0.05, 0.1) is 0 Å². The monoisotopic (exact) mass is 169 g/mol. The van der Waals surface area contributed by atoms with Crippen LogP contribution in [0, 0.1) is 0 Å². The summed E-state index contributed by atoms with van der Waals surface area (Å²) in [6.45, 7) is 4.23. The molecule has 2 aliphatic heterocycles. The number of ether oxygens (including phenoxy) is 1. The van der Waals surface area contributed by atoms with Gasteiger partial charge in [0.15, 0.2) is 0 Å². The van der Waals surface area contributed by atoms with E-state index >= 15 is 0 Å². The molecule has 0 amide bonds. The van der Waals surface area contributed by atoms with Crippen molar-refractivity contribution in [1.82, 2.24) is 5.32 Å². The number of hydrogen-bond donors (Lipinski definition) is 1. The lowest BCUT2D eigenvalue weighted by Gasteiger charge is -2.08. The van der Waals surface area contributed by atoms with Gasteiger partial charge in [0.1, 0.15) is 0 Å². The van der Waals surface area contributed by atoms with Crippen molar-refractivity contribution < 1.29 is 4.74 Å². The lowest BCUT2D eigenvalue weighted by molar-refractivity contribution is 0.0968. The van der Waals surface area contributed by atoms with Crippen LogP contribution in [0.25, 0.3) is 0 Å². The van der Waals surface area contributed by atoms with Crippen LogP contribution in [0.2, 0.25) is 0 Å². The molecule has 2 rings (SSSR count). The Kier molecular flexibility index (Phi) is 5.94. The third kappa shape index (κ3) is 5.33. The minimum absolute atomic E-state index is 1.00. The topological polar surface area (TPSA) is 21.3 Å². The summed E-state index contributed by atoms with van der Waals surface area (Å²) < 4.78 is 5.07. The second-order valence-electron chi connectivity index (χ2n) is 3.14. The molecule has 0 aromatic carbocycles. The molecule has 2 heterocycles. The van der Waals surface area contributed by atoms with Gasteiger partial charge in [-0.2, -0.15) is 0 Å². The van der Waals surface area contributed by atoms with Crippen LogP contribution < -0.4 is 5.32 Å². The molecular formula is C10H19NO. The maximum Gasteiger partial charge on any atom is 0.0466 e. The van der Waals surface area contributed by atoms with Crippen molar-refractivity contribution in [2.45, 2.75) is 25.7 Å². The first-order chi connectivity index (χ1) is 6.00. The van der Waals surface area contributed by atoms with E-state index in [0.717, 1.165) is 26.3 Å². The first-order valence-corrected chi connectivity index (χ1v) is 4.93. The van der Waals surface area contributed by atoms with Gasteiger partial charge in [-0.05, 0) is 32.2 Å². The Morgan fingerprint density at radius 2 is 1.83 bits per heavy atom. The maximum absolute atomic E-state index is 5.07. The van der Waals surface area contributed by atoms with Crippen molar-refractivity contribution in [3.05, 3.63) is 12.2 Å². The van der Waals surface area contributed by atoms with Crippen molar-refractivity contribution in [3.63, 3.8) is 0 Å². The van der Waals surface area contributed by atoms with Gasteiger partial charge in [0, 0.05) is 19.8 Å². The molecule has 0 aromatic heterocycles. The van der Waals surface area contributed by atoms with Gasteiger partial charge >= 0.3 is 0 Å². The Labute approximate surface area is 75.0 Å². The fraction of sp³-hybridized carbons (Fsp3) is 0.800. The highest BCUT2D eigenvalue weighted by atomic mass is 16.5. The number of rotatable bonds is 0. The molecule has 2 aliphatic rings. The quantitative estimate of drug-likeness (QED) is 0.557. The Hall–Kier alpha value is -0.340. The van der Waals surface area contributed by atoms with E-state index < -0.39 is 0 Å². The van der Waals surface area contributed by atoms with Crippen LogP contribution in [0.1, 0.15) is 25.7 Å². The maximum atomic E-state index is 5.07. The Bertz CT molecular complexity index is 99.5. The van der Waals surface area contributed by atoms with Crippen molar-refractivity contribution in [1.29, 1.82) is 0 Å². The molecule has 1 fully saturated rings. The van der Waals surface area contributed by atoms with Gasteiger partial charge in [0.2, 0.25) is 0 Å². The number of nitrogens with one attached hydrogen (secondary N) is 1. The average molecular weight is 169 g/mol. The molecule has 0 bridgehead atoms. The SMILES string of the molecule is C1=CCNCC1.C1CCOCC1. The molecule has 12 heavy (non-hydrogen) atoms. The summed E-state index contributed by atoms with van der Waals surface area (Å²) in [4.78, 5) is 0. The summed E-state index contributed by atoms with van der Waals surface area (Å²) >= 11 is 0. The summed E-state index contributed by atoms with van der Waals surface area (Å²) in [7, 11) is 0. The highest BCUT2D eigenvalue weighted by Crippen LogP contribution is 2.02. The van der Waals surface area contributed by atoms with E-state index in [1.807, 2.05) is 0 Å². The van der Waals surface area contributed by atoms with E-state index in [1.165, 1.54) is 25.7 Å². The van der Waals surface area contributed by atoms with Gasteiger partial charge in [-0.25, -0.2) is 0 Å². The molecule has 0 aromatic rings. The zero-order chi connectivity index (χ0) is 8.49. The minimum atomic E-state index is 1.00. The molecule has 70 valence electrons. The van der Waals surface area contributed by atoms with E-state index in [0.29, 0.717) is 0 Å². The zero-order valence-corrected chi connectivity index (χ0v) is 7.72. The van der Waals surface area contributed by atoms with Crippen LogP contribution in [-0.2, 0) is 4.74 Å². The van der Waals surface area contributed by atoms with Gasteiger partial charge in [-0.15, -0.1) is 0 Å². The molecule has 0 radical (unpaired) electrons. The summed E-state index contributed by atoms with van der Waals surface area (Å²) in [5.41, 5.74) is 0. The zero-order valence-electron chi connectivity index (χ0n) is 7.72. The van der Waals surface area contributed by atoms with Crippen molar-refractivity contribution in [2.75, 3.05) is 26.3 Å². The fourth-order valence-corrected chi connectivity index (χ4v) is 1.26. The van der Waals surface area contributed by atoms with Crippen molar-refractivity contribution in [3.8, 4) is 0 Å². The standard InChI is InChI=1S/C5H9N.C5H10O/c2*1-2-4-6-5-3-1/h1-2,6H,3-5H2;1-5H2. The Morgan fingerprint density at radius 1 is 1.00 bits per heavy atom.